The molecule has 0 unspecified atom stereocenters. The van der Waals surface area contributed by atoms with E-state index >= 15 is 0 Å². The molecule has 2 heterocycles. The minimum absolute atomic E-state index is 0.00662. The maximum Gasteiger partial charge on any atom is 0.375 e. The zero-order valence-electron chi connectivity index (χ0n) is 14.3. The van der Waals surface area contributed by atoms with Crippen molar-refractivity contribution in [2.75, 3.05) is 13.7 Å². The van der Waals surface area contributed by atoms with Crippen molar-refractivity contribution in [2.24, 2.45) is 0 Å². The standard InChI is InChI=1S/C18H14O9/c1-3-25-18(23)16-13(15-9(4-5-26-15)17(22)24-2)14(21)12-10(20)6-8(19)7-11(12)27-16/h4-7,19-20H,3H2,1-2H3. The molecular weight excluding hydrogens is 360 g/mol. The number of phenolic OH excluding ortho intramolecular Hbond substituents is 2. The molecule has 140 valence electrons. The first-order valence-corrected chi connectivity index (χ1v) is 7.75. The average molecular weight is 374 g/mol. The van der Waals surface area contributed by atoms with Crippen LogP contribution in [0.15, 0.2) is 38.1 Å². The molecule has 0 aliphatic carbocycles. The Labute approximate surface area is 151 Å². The Balaban J connectivity index is 2.43. The van der Waals surface area contributed by atoms with E-state index in [0.29, 0.717) is 0 Å². The lowest BCUT2D eigenvalue weighted by Crippen LogP contribution is -2.16. The Morgan fingerprint density at radius 1 is 1.19 bits per heavy atom. The second-order valence-electron chi connectivity index (χ2n) is 5.35. The van der Waals surface area contributed by atoms with Gasteiger partial charge < -0.3 is 28.5 Å². The summed E-state index contributed by atoms with van der Waals surface area (Å²) < 4.78 is 20.2. The highest BCUT2D eigenvalue weighted by molar-refractivity contribution is 6.02. The summed E-state index contributed by atoms with van der Waals surface area (Å²) in [7, 11) is 1.14. The lowest BCUT2D eigenvalue weighted by atomic mass is 10.0. The minimum Gasteiger partial charge on any atom is -0.508 e. The molecule has 2 aromatic heterocycles. The van der Waals surface area contributed by atoms with Gasteiger partial charge in [-0.25, -0.2) is 9.59 Å². The molecule has 0 saturated carbocycles. The molecule has 1 aromatic carbocycles. The number of fused-ring (bicyclic) bond motifs is 1. The van der Waals surface area contributed by atoms with Crippen LogP contribution in [0.25, 0.3) is 22.3 Å². The fourth-order valence-electron chi connectivity index (χ4n) is 2.60. The molecule has 0 radical (unpaired) electrons. The van der Waals surface area contributed by atoms with Crippen LogP contribution < -0.4 is 5.43 Å². The highest BCUT2D eigenvalue weighted by Crippen LogP contribution is 2.34. The molecule has 0 aliphatic rings. The van der Waals surface area contributed by atoms with Crippen LogP contribution in [0, 0.1) is 0 Å². The van der Waals surface area contributed by atoms with Gasteiger partial charge in [0.15, 0.2) is 5.76 Å². The second kappa shape index (κ2) is 6.87. The molecule has 3 aromatic rings. The first kappa shape index (κ1) is 18.1. The Bertz CT molecular complexity index is 1100. The number of esters is 2. The van der Waals surface area contributed by atoms with Crippen LogP contribution in [0.4, 0.5) is 0 Å². The van der Waals surface area contributed by atoms with Crippen molar-refractivity contribution >= 4 is 22.9 Å². The fraction of sp³-hybridized carbons (Fsp3) is 0.167. The van der Waals surface area contributed by atoms with Crippen LogP contribution >= 0.6 is 0 Å². The molecular formula is C18H14O9. The van der Waals surface area contributed by atoms with Crippen LogP contribution in [0.2, 0.25) is 0 Å². The minimum atomic E-state index is -0.985. The quantitative estimate of drug-likeness (QED) is 0.660. The largest absolute Gasteiger partial charge is 0.508 e. The van der Waals surface area contributed by atoms with Gasteiger partial charge in [0.1, 0.15) is 33.6 Å². The third kappa shape index (κ3) is 2.99. The van der Waals surface area contributed by atoms with Gasteiger partial charge in [0.25, 0.3) is 0 Å². The van der Waals surface area contributed by atoms with E-state index in [4.69, 9.17) is 13.6 Å². The highest BCUT2D eigenvalue weighted by Gasteiger charge is 2.30. The number of carbonyl (C=O) groups excluding carboxylic acids is 2. The van der Waals surface area contributed by atoms with Gasteiger partial charge in [-0.1, -0.05) is 0 Å². The van der Waals surface area contributed by atoms with Crippen molar-refractivity contribution in [1.82, 2.24) is 0 Å². The third-order valence-electron chi connectivity index (χ3n) is 3.72. The first-order valence-electron chi connectivity index (χ1n) is 7.75. The molecule has 2 N–H and O–H groups in total. The van der Waals surface area contributed by atoms with E-state index < -0.39 is 34.4 Å². The van der Waals surface area contributed by atoms with Crippen molar-refractivity contribution < 1.29 is 38.1 Å². The summed E-state index contributed by atoms with van der Waals surface area (Å²) in [5.41, 5.74) is -1.62. The van der Waals surface area contributed by atoms with Crippen molar-refractivity contribution in [3.05, 3.63) is 46.0 Å². The molecule has 0 atom stereocenters. The summed E-state index contributed by atoms with van der Waals surface area (Å²) in [4.78, 5) is 37.3. The summed E-state index contributed by atoms with van der Waals surface area (Å²) in [6.45, 7) is 1.55. The summed E-state index contributed by atoms with van der Waals surface area (Å²) >= 11 is 0. The van der Waals surface area contributed by atoms with Gasteiger partial charge >= 0.3 is 11.9 Å². The summed E-state index contributed by atoms with van der Waals surface area (Å²) in [6.07, 6.45) is 1.14. The maximum atomic E-state index is 13.0. The van der Waals surface area contributed by atoms with Gasteiger partial charge in [-0.05, 0) is 13.0 Å². The van der Waals surface area contributed by atoms with Gasteiger partial charge in [0, 0.05) is 12.1 Å². The zero-order valence-corrected chi connectivity index (χ0v) is 14.3. The van der Waals surface area contributed by atoms with E-state index in [2.05, 4.69) is 4.74 Å². The predicted molar refractivity (Wildman–Crippen MR) is 90.8 cm³/mol. The lowest BCUT2D eigenvalue weighted by molar-refractivity contribution is 0.0490. The van der Waals surface area contributed by atoms with Gasteiger partial charge in [-0.3, -0.25) is 4.79 Å². The molecule has 27 heavy (non-hydrogen) atoms. The normalized spacial score (nSPS) is 10.7. The van der Waals surface area contributed by atoms with Gasteiger partial charge in [0.05, 0.1) is 20.0 Å². The van der Waals surface area contributed by atoms with Crippen molar-refractivity contribution in [3.8, 4) is 22.8 Å². The predicted octanol–water partition coefficient (Wildman–Crippen LogP) is 2.43. The summed E-state index contributed by atoms with van der Waals surface area (Å²) in [5.74, 6) is -3.54. The molecule has 9 heteroatoms. The van der Waals surface area contributed by atoms with E-state index in [1.807, 2.05) is 0 Å². The van der Waals surface area contributed by atoms with Crippen LogP contribution in [0.3, 0.4) is 0 Å². The number of hydrogen-bond donors (Lipinski definition) is 2. The number of carbonyl (C=O) groups is 2. The molecule has 3 rings (SSSR count). The van der Waals surface area contributed by atoms with Crippen molar-refractivity contribution in [3.63, 3.8) is 0 Å². The molecule has 0 amide bonds. The lowest BCUT2D eigenvalue weighted by Gasteiger charge is -2.10. The molecule has 9 nitrogen and oxygen atoms in total. The zero-order chi connectivity index (χ0) is 19.7. The third-order valence-corrected chi connectivity index (χ3v) is 3.72. The number of aromatic hydroxyl groups is 2. The maximum absolute atomic E-state index is 13.0. The van der Waals surface area contributed by atoms with E-state index in [-0.39, 0.29) is 34.6 Å². The summed E-state index contributed by atoms with van der Waals surface area (Å²) in [5, 5.41) is 19.4. The Hall–Kier alpha value is -3.75. The number of furan rings is 1. The SMILES string of the molecule is CCOC(=O)c1oc2cc(O)cc(O)c2c(=O)c1-c1occc1C(=O)OC. The second-order valence-corrected chi connectivity index (χ2v) is 5.35. The molecule has 0 saturated heterocycles. The molecule has 0 fully saturated rings. The number of rotatable bonds is 4. The summed E-state index contributed by atoms with van der Waals surface area (Å²) in [6, 6.07) is 3.26. The smallest absolute Gasteiger partial charge is 0.375 e. The Morgan fingerprint density at radius 2 is 1.93 bits per heavy atom. The highest BCUT2D eigenvalue weighted by atomic mass is 16.5. The Morgan fingerprint density at radius 3 is 2.59 bits per heavy atom. The van der Waals surface area contributed by atoms with Crippen LogP contribution in [-0.4, -0.2) is 35.9 Å². The van der Waals surface area contributed by atoms with Crippen LogP contribution in [0.1, 0.15) is 27.8 Å². The Kier molecular flexibility index (Phi) is 4.59. The average Bonchev–Trinajstić information content (AvgIpc) is 3.09. The van der Waals surface area contributed by atoms with E-state index in [9.17, 15) is 24.6 Å². The molecule has 0 spiro atoms. The number of phenols is 2. The molecule has 0 bridgehead atoms. The van der Waals surface area contributed by atoms with Gasteiger partial charge in [0.2, 0.25) is 11.2 Å². The van der Waals surface area contributed by atoms with Crippen LogP contribution in [-0.2, 0) is 9.47 Å². The number of methoxy groups -OCH3 is 1. The van der Waals surface area contributed by atoms with Gasteiger partial charge in [-0.15, -0.1) is 0 Å². The van der Waals surface area contributed by atoms with Gasteiger partial charge in [-0.2, -0.15) is 0 Å². The monoisotopic (exact) mass is 374 g/mol. The fourth-order valence-corrected chi connectivity index (χ4v) is 2.60. The number of hydrogen-bond acceptors (Lipinski definition) is 9. The first-order chi connectivity index (χ1) is 12.9. The number of ether oxygens (including phenoxy) is 2. The van der Waals surface area contributed by atoms with Crippen molar-refractivity contribution in [1.29, 1.82) is 0 Å². The van der Waals surface area contributed by atoms with E-state index in [1.165, 1.54) is 6.07 Å². The van der Waals surface area contributed by atoms with Crippen molar-refractivity contribution in [2.45, 2.75) is 6.92 Å². The number of benzene rings is 1. The van der Waals surface area contributed by atoms with E-state index in [0.717, 1.165) is 25.5 Å². The van der Waals surface area contributed by atoms with Crippen LogP contribution in [0.5, 0.6) is 11.5 Å². The molecule has 0 aliphatic heterocycles. The van der Waals surface area contributed by atoms with E-state index in [1.54, 1.807) is 6.92 Å². The topological polar surface area (TPSA) is 136 Å².